The van der Waals surface area contributed by atoms with E-state index in [4.69, 9.17) is 15.2 Å². The molecule has 2 aliphatic heterocycles. The van der Waals surface area contributed by atoms with Gasteiger partial charge in [-0.3, -0.25) is 28.8 Å². The van der Waals surface area contributed by atoms with Crippen molar-refractivity contribution >= 4 is 35.5 Å². The Hall–Kier alpha value is -4.22. The van der Waals surface area contributed by atoms with Crippen molar-refractivity contribution in [1.29, 1.82) is 0 Å². The van der Waals surface area contributed by atoms with Crippen molar-refractivity contribution in [1.82, 2.24) is 20.8 Å². The smallest absolute Gasteiger partial charge is 0.305 e. The molecule has 71 heavy (non-hydrogen) atoms. The third kappa shape index (κ3) is 13.1. The third-order valence-electron chi connectivity index (χ3n) is 18.1. The molecule has 0 spiro atoms. The Balaban J connectivity index is 0.000000145. The van der Waals surface area contributed by atoms with Crippen LogP contribution in [0.3, 0.4) is 0 Å². The van der Waals surface area contributed by atoms with Crippen molar-refractivity contribution in [3.05, 3.63) is 37.2 Å². The molecule has 12 bridgehead atoms. The van der Waals surface area contributed by atoms with E-state index < -0.39 is 35.5 Å². The van der Waals surface area contributed by atoms with Crippen LogP contribution in [0.1, 0.15) is 167 Å². The SMILES string of the molecule is NCC12CC3CC(CC(C3)C1)C2.O=C(C[CH-]OCCC=C([O-])NC12CC3CC(CC(C3)C1)C2)NCC12CC3CC(CC(C3)C1)C2.O=C(C[CH-]OCCC=C([O-])ON1C(=O)CCC1=O)ON1C(=O)CCC1=O. The summed E-state index contributed by atoms with van der Waals surface area (Å²) in [6.45, 7) is 5.00. The second-order valence-electron chi connectivity index (χ2n) is 24.0. The number of ether oxygens (including phenoxy) is 2. The standard InChI is InChI=1S/C28H43N2O3.C15H17N2O9.C11H19N/c31-25(29-18-27-12-19-6-20(13-27)8-21(7-19)14-27)3-5-33-4-1-2-26(32)30-28-15-22-9-23(16-28)11-24(10-22)17-28;18-10-3-4-11(19)16(10)25-14(22)2-1-8-24-9-7-15(23)26-17-12(20)5-6-13(17)21;12-7-11-4-8-1-9(5-11)3-10(2-8)6-11/h2,5,19-24,30,32H,1,3-4,6-18H2,(H,29,31);2,9,22H,1,3-8H2;8-10H,1-7,12H2/q2*-1;/p-2. The van der Waals surface area contributed by atoms with E-state index in [1.807, 2.05) is 0 Å². The summed E-state index contributed by atoms with van der Waals surface area (Å²) in [6, 6.07) is 0. The molecular weight excluding hydrogens is 911 g/mol. The van der Waals surface area contributed by atoms with Crippen molar-refractivity contribution < 1.29 is 58.1 Å². The lowest BCUT2D eigenvalue weighted by Crippen LogP contribution is -2.59. The fraction of sp³-hybridized carbons (Fsp3) is 0.778. The fourth-order valence-electron chi connectivity index (χ4n) is 16.5. The monoisotopic (exact) mass is 988 g/mol. The number of nitrogens with zero attached hydrogens (tertiary/aromatic N) is 2. The summed E-state index contributed by atoms with van der Waals surface area (Å²) < 4.78 is 10.5. The molecule has 17 nitrogen and oxygen atoms in total. The minimum Gasteiger partial charge on any atom is -0.861 e. The molecule has 2 heterocycles. The van der Waals surface area contributed by atoms with Crippen LogP contribution in [0.2, 0.25) is 0 Å². The Kier molecular flexibility index (Phi) is 16.4. The summed E-state index contributed by atoms with van der Waals surface area (Å²) in [6.07, 6.45) is 28.5. The molecule has 4 N–H and O–H groups in total. The highest BCUT2D eigenvalue weighted by molar-refractivity contribution is 6.01. The van der Waals surface area contributed by atoms with E-state index in [2.05, 4.69) is 20.3 Å². The third-order valence-corrected chi connectivity index (χ3v) is 18.1. The Bertz CT molecular complexity index is 1900. The second-order valence-corrected chi connectivity index (χ2v) is 24.0. The van der Waals surface area contributed by atoms with Crippen molar-refractivity contribution in [2.45, 2.75) is 172 Å². The van der Waals surface area contributed by atoms with Crippen LogP contribution in [-0.2, 0) is 47.9 Å². The Morgan fingerprint density at radius 3 is 1.42 bits per heavy atom. The van der Waals surface area contributed by atoms with Crippen molar-refractivity contribution in [2.24, 2.45) is 69.8 Å². The van der Waals surface area contributed by atoms with E-state index in [0.29, 0.717) is 40.4 Å². The van der Waals surface area contributed by atoms with E-state index in [-0.39, 0.29) is 62.5 Å². The zero-order valence-electron chi connectivity index (χ0n) is 41.6. The van der Waals surface area contributed by atoms with Crippen molar-refractivity contribution in [2.75, 3.05) is 26.3 Å². The van der Waals surface area contributed by atoms with Gasteiger partial charge in [-0.15, -0.1) is 5.06 Å². The molecule has 0 radical (unpaired) electrons. The minimum absolute atomic E-state index is 0.00683. The molecule has 12 aliphatic carbocycles. The van der Waals surface area contributed by atoms with Gasteiger partial charge in [0, 0.05) is 51.0 Å². The second kappa shape index (κ2) is 22.5. The van der Waals surface area contributed by atoms with E-state index in [9.17, 15) is 39.0 Å². The molecule has 0 atom stereocenters. The van der Waals surface area contributed by atoms with E-state index in [1.165, 1.54) is 116 Å². The van der Waals surface area contributed by atoms with Crippen LogP contribution in [0, 0.1) is 77.3 Å². The van der Waals surface area contributed by atoms with Gasteiger partial charge in [-0.25, -0.2) is 18.3 Å². The van der Waals surface area contributed by atoms with Gasteiger partial charge in [0.15, 0.2) is 5.91 Å². The Labute approximate surface area is 419 Å². The first-order chi connectivity index (χ1) is 34.1. The highest BCUT2D eigenvalue weighted by Gasteiger charge is 2.53. The van der Waals surface area contributed by atoms with Gasteiger partial charge >= 0.3 is 5.97 Å². The molecule has 0 aromatic carbocycles. The number of imide groups is 2. The molecule has 0 aromatic heterocycles. The fourth-order valence-corrected chi connectivity index (χ4v) is 16.5. The maximum atomic E-state index is 12.5. The molecule has 5 amide bonds. The predicted octanol–water partition coefficient (Wildman–Crippen LogP) is 5.03. The topological polar surface area (TPSA) is 242 Å². The van der Waals surface area contributed by atoms with Crippen LogP contribution < -0.4 is 26.6 Å². The number of nitrogens with one attached hydrogen (secondary N) is 2. The molecule has 394 valence electrons. The molecule has 14 aliphatic rings. The largest absolute Gasteiger partial charge is 0.861 e. The Morgan fingerprint density at radius 1 is 0.577 bits per heavy atom. The maximum Gasteiger partial charge on any atom is 0.305 e. The van der Waals surface area contributed by atoms with Crippen LogP contribution in [0.5, 0.6) is 0 Å². The summed E-state index contributed by atoms with van der Waals surface area (Å²) in [4.78, 5) is 78.0. The van der Waals surface area contributed by atoms with E-state index in [0.717, 1.165) is 79.0 Å². The molecule has 0 unspecified atom stereocenters. The molecule has 14 fully saturated rings. The van der Waals surface area contributed by atoms with E-state index in [1.54, 1.807) is 12.7 Å². The highest BCUT2D eigenvalue weighted by atomic mass is 16.8. The summed E-state index contributed by atoms with van der Waals surface area (Å²) in [5.41, 5.74) is 7.00. The summed E-state index contributed by atoms with van der Waals surface area (Å²) in [7, 11) is 0. The average molecular weight is 988 g/mol. The minimum atomic E-state index is -0.873. The quantitative estimate of drug-likeness (QED) is 0.0628. The number of carbonyl (C=O) groups is 6. The lowest BCUT2D eigenvalue weighted by atomic mass is 9.49. The first-order valence-electron chi connectivity index (χ1n) is 27.1. The van der Waals surface area contributed by atoms with Gasteiger partial charge in [-0.05, 0) is 205 Å². The first kappa shape index (κ1) is 51.7. The van der Waals surface area contributed by atoms with Crippen molar-refractivity contribution in [3.8, 4) is 0 Å². The van der Waals surface area contributed by atoms with Crippen molar-refractivity contribution in [3.63, 3.8) is 0 Å². The normalized spacial score (nSPS) is 37.0. The van der Waals surface area contributed by atoms with Gasteiger partial charge in [0.2, 0.25) is 11.8 Å². The van der Waals surface area contributed by atoms with Crippen LogP contribution in [-0.4, -0.2) is 77.5 Å². The van der Waals surface area contributed by atoms with Crippen LogP contribution in [0.15, 0.2) is 24.0 Å². The number of hydrogen-bond donors (Lipinski definition) is 3. The number of nitrogens with two attached hydrogens (primary N) is 1. The van der Waals surface area contributed by atoms with Gasteiger partial charge < -0.3 is 45.7 Å². The van der Waals surface area contributed by atoms with Crippen LogP contribution in [0.4, 0.5) is 0 Å². The zero-order chi connectivity index (χ0) is 49.8. The summed E-state index contributed by atoms with van der Waals surface area (Å²) >= 11 is 0. The van der Waals surface area contributed by atoms with E-state index >= 15 is 0 Å². The molecule has 2 saturated heterocycles. The van der Waals surface area contributed by atoms with Gasteiger partial charge in [0.25, 0.3) is 11.8 Å². The maximum absolute atomic E-state index is 12.5. The summed E-state index contributed by atoms with van der Waals surface area (Å²) in [5.74, 6) is 4.58. The molecule has 0 aromatic rings. The molecule has 12 saturated carbocycles. The summed E-state index contributed by atoms with van der Waals surface area (Å²) in [5, 5.41) is 31.4. The molecular formula is C54H77N5O12-4. The van der Waals surface area contributed by atoms with Crippen LogP contribution in [0.25, 0.3) is 0 Å². The number of hydroxylamine groups is 4. The lowest BCUT2D eigenvalue weighted by molar-refractivity contribution is -0.382. The highest BCUT2D eigenvalue weighted by Crippen LogP contribution is 2.61. The first-order valence-corrected chi connectivity index (χ1v) is 27.1. The number of hydrogen-bond acceptors (Lipinski definition) is 14. The number of carbonyl (C=O) groups excluding carboxylic acids is 6. The van der Waals surface area contributed by atoms with Crippen LogP contribution >= 0.6 is 0 Å². The number of rotatable bonds is 20. The predicted molar refractivity (Wildman–Crippen MR) is 252 cm³/mol. The average Bonchev–Trinajstić information content (AvgIpc) is 3.80. The van der Waals surface area contributed by atoms with Gasteiger partial charge in [-0.1, -0.05) is 25.0 Å². The van der Waals surface area contributed by atoms with Gasteiger partial charge in [-0.2, -0.15) is 0 Å². The van der Waals surface area contributed by atoms with Gasteiger partial charge in [0.05, 0.1) is 5.95 Å². The lowest BCUT2D eigenvalue weighted by Gasteiger charge is -2.58. The number of amides is 5. The molecule has 14 rings (SSSR count). The Morgan fingerprint density at radius 2 is 0.972 bits per heavy atom. The van der Waals surface area contributed by atoms with Gasteiger partial charge in [0.1, 0.15) is 0 Å². The molecule has 17 heteroatoms. The zero-order valence-corrected chi connectivity index (χ0v) is 41.6.